The van der Waals surface area contributed by atoms with E-state index in [0.717, 1.165) is 18.7 Å². The van der Waals surface area contributed by atoms with Crippen LogP contribution in [0.2, 0.25) is 0 Å². The number of hydrogen-bond donors (Lipinski definition) is 1. The average Bonchev–Trinajstić information content (AvgIpc) is 2.53. The van der Waals surface area contributed by atoms with Crippen molar-refractivity contribution < 1.29 is 24.1 Å². The van der Waals surface area contributed by atoms with Crippen LogP contribution in [-0.2, 0) is 16.1 Å². The molecule has 1 aromatic rings. The van der Waals surface area contributed by atoms with E-state index in [0.29, 0.717) is 31.3 Å². The van der Waals surface area contributed by atoms with Crippen LogP contribution in [0.15, 0.2) is 18.2 Å². The maximum absolute atomic E-state index is 10.2. The lowest BCUT2D eigenvalue weighted by Crippen LogP contribution is -2.48. The molecule has 0 bridgehead atoms. The number of morpholine rings is 1. The molecule has 1 N–H and O–H groups in total. The Kier molecular flexibility index (Phi) is 7.30. The van der Waals surface area contributed by atoms with E-state index in [9.17, 15) is 5.11 Å². The van der Waals surface area contributed by atoms with Crippen molar-refractivity contribution in [2.45, 2.75) is 38.8 Å². The van der Waals surface area contributed by atoms with Crippen LogP contribution in [0.5, 0.6) is 11.5 Å². The molecule has 0 aliphatic carbocycles. The summed E-state index contributed by atoms with van der Waals surface area (Å²) < 4.78 is 21.8. The maximum Gasteiger partial charge on any atom is 0.161 e. The Morgan fingerprint density at radius 3 is 2.46 bits per heavy atom. The van der Waals surface area contributed by atoms with Crippen LogP contribution in [0.1, 0.15) is 19.4 Å². The van der Waals surface area contributed by atoms with Gasteiger partial charge < -0.3 is 24.1 Å². The third-order valence-corrected chi connectivity index (χ3v) is 3.99. The normalized spacial score (nSPS) is 23.0. The molecule has 0 unspecified atom stereocenters. The Morgan fingerprint density at radius 1 is 1.17 bits per heavy atom. The van der Waals surface area contributed by atoms with Crippen molar-refractivity contribution in [2.75, 3.05) is 40.5 Å². The molecule has 2 rings (SSSR count). The second-order valence-corrected chi connectivity index (χ2v) is 6.33. The van der Waals surface area contributed by atoms with Gasteiger partial charge >= 0.3 is 0 Å². The molecule has 1 aliphatic heterocycles. The van der Waals surface area contributed by atoms with Gasteiger partial charge in [0.1, 0.15) is 0 Å². The molecule has 136 valence electrons. The highest BCUT2D eigenvalue weighted by Crippen LogP contribution is 2.27. The standard InChI is InChI=1S/C18H29NO5/c1-13-8-19(9-14(2)24-13)10-16(20)12-23-11-15-5-6-17(21-3)18(7-15)22-4/h5-7,13-14,16,20H,8-12H2,1-4H3/t13-,14+,16-/m0/s1. The van der Waals surface area contributed by atoms with Crippen molar-refractivity contribution >= 4 is 0 Å². The summed E-state index contributed by atoms with van der Waals surface area (Å²) in [6, 6.07) is 5.67. The number of methoxy groups -OCH3 is 2. The first kappa shape index (κ1) is 19.0. The summed E-state index contributed by atoms with van der Waals surface area (Å²) >= 11 is 0. The third-order valence-electron chi connectivity index (χ3n) is 3.99. The Balaban J connectivity index is 1.75. The largest absolute Gasteiger partial charge is 0.493 e. The molecule has 1 aliphatic rings. The molecular weight excluding hydrogens is 310 g/mol. The number of hydrogen-bond acceptors (Lipinski definition) is 6. The van der Waals surface area contributed by atoms with Crippen molar-refractivity contribution in [3.8, 4) is 11.5 Å². The molecule has 0 amide bonds. The van der Waals surface area contributed by atoms with Gasteiger partial charge in [-0.25, -0.2) is 0 Å². The van der Waals surface area contributed by atoms with E-state index in [4.69, 9.17) is 18.9 Å². The summed E-state index contributed by atoms with van der Waals surface area (Å²) in [4.78, 5) is 2.23. The molecule has 0 radical (unpaired) electrons. The maximum atomic E-state index is 10.2. The summed E-state index contributed by atoms with van der Waals surface area (Å²) in [5.41, 5.74) is 0.980. The first-order chi connectivity index (χ1) is 11.5. The zero-order valence-electron chi connectivity index (χ0n) is 15.0. The van der Waals surface area contributed by atoms with Crippen LogP contribution in [-0.4, -0.2) is 68.8 Å². The van der Waals surface area contributed by atoms with E-state index in [2.05, 4.69) is 18.7 Å². The van der Waals surface area contributed by atoms with Crippen molar-refractivity contribution in [3.63, 3.8) is 0 Å². The van der Waals surface area contributed by atoms with Crippen molar-refractivity contribution in [1.29, 1.82) is 0 Å². The van der Waals surface area contributed by atoms with Gasteiger partial charge in [-0.15, -0.1) is 0 Å². The monoisotopic (exact) mass is 339 g/mol. The van der Waals surface area contributed by atoms with Crippen LogP contribution in [0.4, 0.5) is 0 Å². The van der Waals surface area contributed by atoms with Crippen LogP contribution in [0, 0.1) is 0 Å². The van der Waals surface area contributed by atoms with Gasteiger partial charge in [0.25, 0.3) is 0 Å². The second kappa shape index (κ2) is 9.22. The van der Waals surface area contributed by atoms with Gasteiger partial charge in [-0.2, -0.15) is 0 Å². The molecule has 6 heteroatoms. The topological polar surface area (TPSA) is 60.4 Å². The lowest BCUT2D eigenvalue weighted by atomic mass is 10.2. The fourth-order valence-corrected chi connectivity index (χ4v) is 3.07. The first-order valence-electron chi connectivity index (χ1n) is 8.36. The smallest absolute Gasteiger partial charge is 0.161 e. The van der Waals surface area contributed by atoms with Gasteiger partial charge in [0, 0.05) is 19.6 Å². The van der Waals surface area contributed by atoms with Crippen LogP contribution in [0.25, 0.3) is 0 Å². The minimum atomic E-state index is -0.511. The molecule has 6 nitrogen and oxygen atoms in total. The predicted octanol–water partition coefficient (Wildman–Crippen LogP) is 1.69. The number of nitrogens with zero attached hydrogens (tertiary/aromatic N) is 1. The lowest BCUT2D eigenvalue weighted by Gasteiger charge is -2.36. The molecule has 0 spiro atoms. The molecule has 3 atom stereocenters. The Bertz CT molecular complexity index is 500. The van der Waals surface area contributed by atoms with E-state index in [-0.39, 0.29) is 12.2 Å². The van der Waals surface area contributed by atoms with Gasteiger partial charge in [0.15, 0.2) is 11.5 Å². The van der Waals surface area contributed by atoms with Gasteiger partial charge in [0.2, 0.25) is 0 Å². The minimum absolute atomic E-state index is 0.202. The average molecular weight is 339 g/mol. The Labute approximate surface area is 144 Å². The molecule has 1 aromatic carbocycles. The second-order valence-electron chi connectivity index (χ2n) is 6.33. The van der Waals surface area contributed by atoms with E-state index in [1.807, 2.05) is 18.2 Å². The number of benzene rings is 1. The Hall–Kier alpha value is -1.34. The number of β-amino-alcohol motifs (C(OH)–C–C–N with tert-alkyl or cyclic N) is 1. The van der Waals surface area contributed by atoms with Crippen LogP contribution < -0.4 is 9.47 Å². The third kappa shape index (κ3) is 5.63. The highest BCUT2D eigenvalue weighted by Gasteiger charge is 2.23. The number of ether oxygens (including phenoxy) is 4. The van der Waals surface area contributed by atoms with Gasteiger partial charge in [-0.1, -0.05) is 6.07 Å². The van der Waals surface area contributed by atoms with E-state index >= 15 is 0 Å². The van der Waals surface area contributed by atoms with Crippen LogP contribution in [0.3, 0.4) is 0 Å². The molecule has 1 fully saturated rings. The number of rotatable bonds is 8. The number of aliphatic hydroxyl groups excluding tert-OH is 1. The molecule has 24 heavy (non-hydrogen) atoms. The fourth-order valence-electron chi connectivity index (χ4n) is 3.07. The van der Waals surface area contributed by atoms with Crippen molar-refractivity contribution in [2.24, 2.45) is 0 Å². The van der Waals surface area contributed by atoms with Gasteiger partial charge in [0.05, 0.1) is 45.7 Å². The molecule has 1 saturated heterocycles. The SMILES string of the molecule is COc1ccc(COC[C@@H](O)CN2C[C@@H](C)O[C@@H](C)C2)cc1OC. The van der Waals surface area contributed by atoms with Crippen molar-refractivity contribution in [3.05, 3.63) is 23.8 Å². The molecule has 0 saturated carbocycles. The predicted molar refractivity (Wildman–Crippen MR) is 91.7 cm³/mol. The highest BCUT2D eigenvalue weighted by molar-refractivity contribution is 5.42. The summed E-state index contributed by atoms with van der Waals surface area (Å²) in [5, 5.41) is 10.2. The first-order valence-corrected chi connectivity index (χ1v) is 8.36. The molecule has 1 heterocycles. The summed E-state index contributed by atoms with van der Waals surface area (Å²) in [6.07, 6.45) is -0.107. The molecular formula is C18H29NO5. The summed E-state index contributed by atoms with van der Waals surface area (Å²) in [7, 11) is 3.22. The molecule has 0 aromatic heterocycles. The van der Waals surface area contributed by atoms with E-state index < -0.39 is 6.10 Å². The van der Waals surface area contributed by atoms with Crippen molar-refractivity contribution in [1.82, 2.24) is 4.90 Å². The Morgan fingerprint density at radius 2 is 1.83 bits per heavy atom. The van der Waals surface area contributed by atoms with E-state index in [1.54, 1.807) is 14.2 Å². The number of aliphatic hydroxyl groups is 1. The van der Waals surface area contributed by atoms with E-state index in [1.165, 1.54) is 0 Å². The quantitative estimate of drug-likeness (QED) is 0.778. The zero-order chi connectivity index (χ0) is 17.5. The minimum Gasteiger partial charge on any atom is -0.493 e. The zero-order valence-corrected chi connectivity index (χ0v) is 15.0. The van der Waals surface area contributed by atoms with Gasteiger partial charge in [-0.3, -0.25) is 4.90 Å². The van der Waals surface area contributed by atoms with Crippen LogP contribution >= 0.6 is 0 Å². The van der Waals surface area contributed by atoms with Gasteiger partial charge in [-0.05, 0) is 31.5 Å². The highest BCUT2D eigenvalue weighted by atomic mass is 16.5. The fraction of sp³-hybridized carbons (Fsp3) is 0.667. The summed E-state index contributed by atoms with van der Waals surface area (Å²) in [6.45, 7) is 7.13. The lowest BCUT2D eigenvalue weighted by molar-refractivity contribution is -0.0826. The summed E-state index contributed by atoms with van der Waals surface area (Å²) in [5.74, 6) is 1.37.